The number of benzene rings is 2. The van der Waals surface area contributed by atoms with E-state index in [1.165, 1.54) is 5.56 Å². The van der Waals surface area contributed by atoms with Crippen LogP contribution >= 0.6 is 11.6 Å². The van der Waals surface area contributed by atoms with Gasteiger partial charge in [0, 0.05) is 17.1 Å². The molecule has 0 atom stereocenters. The number of halogens is 1. The summed E-state index contributed by atoms with van der Waals surface area (Å²) in [5.41, 5.74) is 7.75. The molecule has 2 N–H and O–H groups in total. The van der Waals surface area contributed by atoms with E-state index in [9.17, 15) is 0 Å². The van der Waals surface area contributed by atoms with E-state index in [0.29, 0.717) is 17.5 Å². The maximum Gasteiger partial charge on any atom is 0.133 e. The van der Waals surface area contributed by atoms with Gasteiger partial charge in [0.15, 0.2) is 0 Å². The molecular weight excluding hydrogens is 258 g/mol. The Balaban J connectivity index is 2.39. The number of ether oxygens (including phenoxy) is 1. The van der Waals surface area contributed by atoms with Crippen molar-refractivity contribution in [1.82, 2.24) is 0 Å². The van der Waals surface area contributed by atoms with E-state index in [2.05, 4.69) is 19.9 Å². The minimum absolute atomic E-state index is 0.360. The third kappa shape index (κ3) is 3.09. The molecule has 2 nitrogen and oxygen atoms in total. The van der Waals surface area contributed by atoms with Crippen molar-refractivity contribution in [1.29, 1.82) is 0 Å². The fourth-order valence-corrected chi connectivity index (χ4v) is 2.24. The Morgan fingerprint density at radius 1 is 1.05 bits per heavy atom. The van der Waals surface area contributed by atoms with E-state index in [-0.39, 0.29) is 0 Å². The van der Waals surface area contributed by atoms with Crippen molar-refractivity contribution in [3.05, 3.63) is 58.6 Å². The Morgan fingerprint density at radius 3 is 2.42 bits per heavy atom. The van der Waals surface area contributed by atoms with Gasteiger partial charge in [0.1, 0.15) is 11.5 Å². The van der Waals surface area contributed by atoms with Gasteiger partial charge >= 0.3 is 0 Å². The highest BCUT2D eigenvalue weighted by Gasteiger charge is 2.11. The molecule has 0 aliphatic heterocycles. The second-order valence-corrected chi connectivity index (χ2v) is 5.12. The van der Waals surface area contributed by atoms with Crippen LogP contribution in [0.1, 0.15) is 30.9 Å². The lowest BCUT2D eigenvalue weighted by Crippen LogP contribution is -2.01. The summed E-state index contributed by atoms with van der Waals surface area (Å²) >= 11 is 6.14. The van der Waals surface area contributed by atoms with Crippen molar-refractivity contribution in [3.8, 4) is 11.5 Å². The van der Waals surface area contributed by atoms with Crippen LogP contribution in [-0.2, 0) is 6.54 Å². The minimum atomic E-state index is 0.360. The van der Waals surface area contributed by atoms with Crippen molar-refractivity contribution in [2.75, 3.05) is 0 Å². The Kier molecular flexibility index (Phi) is 4.46. The SMILES string of the molecule is CC(C)c1ccccc1Oc1cccc(Cl)c1CN. The fraction of sp³-hybridized carbons (Fsp3) is 0.250. The molecular formula is C16H18ClNO. The van der Waals surface area contributed by atoms with E-state index >= 15 is 0 Å². The molecule has 0 aliphatic rings. The van der Waals surface area contributed by atoms with Crippen LogP contribution in [0.5, 0.6) is 11.5 Å². The van der Waals surface area contributed by atoms with E-state index < -0.39 is 0 Å². The minimum Gasteiger partial charge on any atom is -0.457 e. The van der Waals surface area contributed by atoms with Crippen molar-refractivity contribution in [2.45, 2.75) is 26.3 Å². The Morgan fingerprint density at radius 2 is 1.74 bits per heavy atom. The van der Waals surface area contributed by atoms with Gasteiger partial charge in [0.2, 0.25) is 0 Å². The number of para-hydroxylation sites is 1. The van der Waals surface area contributed by atoms with Crippen LogP contribution in [0.15, 0.2) is 42.5 Å². The summed E-state index contributed by atoms with van der Waals surface area (Å²) in [4.78, 5) is 0. The monoisotopic (exact) mass is 275 g/mol. The zero-order valence-corrected chi connectivity index (χ0v) is 11.9. The lowest BCUT2D eigenvalue weighted by atomic mass is 10.0. The van der Waals surface area contributed by atoms with Gasteiger partial charge in [-0.25, -0.2) is 0 Å². The van der Waals surface area contributed by atoms with Gasteiger partial charge in [-0.15, -0.1) is 0 Å². The van der Waals surface area contributed by atoms with Gasteiger partial charge in [-0.1, -0.05) is 49.7 Å². The number of nitrogens with two attached hydrogens (primary N) is 1. The zero-order valence-electron chi connectivity index (χ0n) is 11.2. The predicted molar refractivity (Wildman–Crippen MR) is 79.9 cm³/mol. The van der Waals surface area contributed by atoms with Crippen molar-refractivity contribution >= 4 is 11.6 Å². The van der Waals surface area contributed by atoms with Crippen LogP contribution in [0.2, 0.25) is 5.02 Å². The highest BCUT2D eigenvalue weighted by Crippen LogP contribution is 2.34. The Hall–Kier alpha value is -1.51. The van der Waals surface area contributed by atoms with Gasteiger partial charge in [0.25, 0.3) is 0 Å². The molecule has 19 heavy (non-hydrogen) atoms. The molecule has 0 saturated heterocycles. The second-order valence-electron chi connectivity index (χ2n) is 4.72. The molecule has 0 unspecified atom stereocenters. The number of hydrogen-bond acceptors (Lipinski definition) is 2. The summed E-state index contributed by atoms with van der Waals surface area (Å²) in [6, 6.07) is 13.6. The van der Waals surface area contributed by atoms with Crippen LogP contribution in [0.25, 0.3) is 0 Å². The summed E-state index contributed by atoms with van der Waals surface area (Å²) in [7, 11) is 0. The predicted octanol–water partition coefficient (Wildman–Crippen LogP) is 4.71. The maximum absolute atomic E-state index is 6.14. The lowest BCUT2D eigenvalue weighted by Gasteiger charge is -2.16. The first-order chi connectivity index (χ1) is 9.13. The van der Waals surface area contributed by atoms with E-state index in [1.54, 1.807) is 0 Å². The zero-order chi connectivity index (χ0) is 13.8. The van der Waals surface area contributed by atoms with Gasteiger partial charge < -0.3 is 10.5 Å². The molecule has 0 fully saturated rings. The maximum atomic E-state index is 6.14. The third-order valence-corrected chi connectivity index (χ3v) is 3.40. The average Bonchev–Trinajstić information content (AvgIpc) is 2.39. The Bertz CT molecular complexity index is 566. The smallest absolute Gasteiger partial charge is 0.133 e. The van der Waals surface area contributed by atoms with E-state index in [0.717, 1.165) is 17.1 Å². The molecule has 0 spiro atoms. The molecule has 0 bridgehead atoms. The largest absolute Gasteiger partial charge is 0.457 e. The number of hydrogen-bond donors (Lipinski definition) is 1. The molecule has 0 aromatic heterocycles. The Labute approximate surface area is 119 Å². The van der Waals surface area contributed by atoms with Crippen LogP contribution in [0.3, 0.4) is 0 Å². The van der Waals surface area contributed by atoms with Crippen molar-refractivity contribution in [2.24, 2.45) is 5.73 Å². The van der Waals surface area contributed by atoms with Crippen LogP contribution in [-0.4, -0.2) is 0 Å². The molecule has 0 heterocycles. The summed E-state index contributed by atoms with van der Waals surface area (Å²) in [5, 5.41) is 0.641. The van der Waals surface area contributed by atoms with Crippen LogP contribution in [0, 0.1) is 0 Å². The molecule has 3 heteroatoms. The first kappa shape index (κ1) is 13.9. The first-order valence-electron chi connectivity index (χ1n) is 6.37. The first-order valence-corrected chi connectivity index (χ1v) is 6.75. The average molecular weight is 276 g/mol. The van der Waals surface area contributed by atoms with Gasteiger partial charge in [0.05, 0.1) is 0 Å². The lowest BCUT2D eigenvalue weighted by molar-refractivity contribution is 0.467. The van der Waals surface area contributed by atoms with E-state index in [1.807, 2.05) is 36.4 Å². The fourth-order valence-electron chi connectivity index (χ4n) is 2.00. The number of rotatable bonds is 4. The molecule has 0 aliphatic carbocycles. The molecule has 0 radical (unpaired) electrons. The van der Waals surface area contributed by atoms with Crippen molar-refractivity contribution in [3.63, 3.8) is 0 Å². The van der Waals surface area contributed by atoms with Gasteiger partial charge in [-0.05, 0) is 29.7 Å². The molecule has 0 saturated carbocycles. The molecule has 2 aromatic carbocycles. The molecule has 2 rings (SSSR count). The summed E-state index contributed by atoms with van der Waals surface area (Å²) < 4.78 is 6.01. The van der Waals surface area contributed by atoms with Gasteiger partial charge in [-0.2, -0.15) is 0 Å². The molecule has 2 aromatic rings. The summed E-state index contributed by atoms with van der Waals surface area (Å²) in [6.07, 6.45) is 0. The second kappa shape index (κ2) is 6.09. The van der Waals surface area contributed by atoms with Crippen LogP contribution in [0.4, 0.5) is 0 Å². The van der Waals surface area contributed by atoms with Crippen molar-refractivity contribution < 1.29 is 4.74 Å². The highest BCUT2D eigenvalue weighted by atomic mass is 35.5. The topological polar surface area (TPSA) is 35.2 Å². The standard InChI is InChI=1S/C16H18ClNO/c1-11(2)12-6-3-4-8-15(12)19-16-9-5-7-14(17)13(16)10-18/h3-9,11H,10,18H2,1-2H3. The highest BCUT2D eigenvalue weighted by molar-refractivity contribution is 6.31. The molecule has 100 valence electrons. The van der Waals surface area contributed by atoms with Crippen LogP contribution < -0.4 is 10.5 Å². The van der Waals surface area contributed by atoms with E-state index in [4.69, 9.17) is 22.1 Å². The van der Waals surface area contributed by atoms with Gasteiger partial charge in [-0.3, -0.25) is 0 Å². The summed E-state index contributed by atoms with van der Waals surface area (Å²) in [5.74, 6) is 1.98. The third-order valence-electron chi connectivity index (χ3n) is 3.04. The molecule has 0 amide bonds. The normalized spacial score (nSPS) is 10.8. The quantitative estimate of drug-likeness (QED) is 0.877. The summed E-state index contributed by atoms with van der Waals surface area (Å²) in [6.45, 7) is 4.65.